The average Bonchev–Trinajstić information content (AvgIpc) is 2.94. The molecule has 118 valence electrons. The van der Waals surface area contributed by atoms with Gasteiger partial charge in [0.2, 0.25) is 5.91 Å². The fourth-order valence-electron chi connectivity index (χ4n) is 1.94. The van der Waals surface area contributed by atoms with Crippen LogP contribution in [-0.4, -0.2) is 24.5 Å². The highest BCUT2D eigenvalue weighted by Gasteiger charge is 2.20. The Morgan fingerprint density at radius 1 is 1.32 bits per heavy atom. The van der Waals surface area contributed by atoms with Gasteiger partial charge in [-0.25, -0.2) is 4.98 Å². The molecule has 22 heavy (non-hydrogen) atoms. The number of amides is 1. The molecule has 1 N–H and O–H groups in total. The topological polar surface area (TPSA) is 51.2 Å². The second kappa shape index (κ2) is 6.92. The highest BCUT2D eigenvalue weighted by atomic mass is 32.1. The number of benzene rings is 1. The molecule has 0 aliphatic carbocycles. The molecule has 0 radical (unpaired) electrons. The van der Waals surface area contributed by atoms with Gasteiger partial charge in [0.15, 0.2) is 0 Å². The van der Waals surface area contributed by atoms with Gasteiger partial charge in [0.25, 0.3) is 0 Å². The van der Waals surface area contributed by atoms with Gasteiger partial charge in [0.05, 0.1) is 18.4 Å². The molecule has 1 amide bonds. The molecule has 0 unspecified atom stereocenters. The van der Waals surface area contributed by atoms with Crippen LogP contribution >= 0.6 is 11.3 Å². The first-order chi connectivity index (χ1) is 10.4. The number of hydrogen-bond donors (Lipinski definition) is 1. The lowest BCUT2D eigenvalue weighted by Crippen LogP contribution is -2.35. The van der Waals surface area contributed by atoms with Crippen LogP contribution in [0, 0.1) is 5.41 Å². The molecule has 0 atom stereocenters. The monoisotopic (exact) mass is 318 g/mol. The summed E-state index contributed by atoms with van der Waals surface area (Å²) in [7, 11) is 1.66. The van der Waals surface area contributed by atoms with E-state index in [1.165, 1.54) is 0 Å². The second-order valence-electron chi connectivity index (χ2n) is 6.10. The van der Waals surface area contributed by atoms with Gasteiger partial charge in [-0.05, 0) is 12.1 Å². The number of rotatable bonds is 5. The van der Waals surface area contributed by atoms with E-state index in [-0.39, 0.29) is 11.3 Å². The predicted molar refractivity (Wildman–Crippen MR) is 90.3 cm³/mol. The van der Waals surface area contributed by atoms with Gasteiger partial charge in [-0.2, -0.15) is 0 Å². The van der Waals surface area contributed by atoms with E-state index in [0.717, 1.165) is 28.4 Å². The highest BCUT2D eigenvalue weighted by molar-refractivity contribution is 7.13. The number of thiazole rings is 1. The quantitative estimate of drug-likeness (QED) is 0.917. The van der Waals surface area contributed by atoms with E-state index in [2.05, 4.69) is 10.3 Å². The van der Waals surface area contributed by atoms with Crippen molar-refractivity contribution in [1.82, 2.24) is 10.3 Å². The summed E-state index contributed by atoms with van der Waals surface area (Å²) in [4.78, 5) is 16.5. The van der Waals surface area contributed by atoms with Crippen LogP contribution in [0.4, 0.5) is 0 Å². The van der Waals surface area contributed by atoms with Crippen molar-refractivity contribution in [2.24, 2.45) is 5.41 Å². The molecule has 0 saturated heterocycles. The molecule has 2 rings (SSSR count). The molecular weight excluding hydrogens is 296 g/mol. The molecule has 1 aromatic heterocycles. The summed E-state index contributed by atoms with van der Waals surface area (Å²) in [6.45, 7) is 6.33. The fourth-order valence-corrected chi connectivity index (χ4v) is 2.82. The number of carbonyl (C=O) groups excluding carboxylic acids is 1. The van der Waals surface area contributed by atoms with E-state index in [1.807, 2.05) is 50.4 Å². The summed E-state index contributed by atoms with van der Waals surface area (Å²) >= 11 is 1.59. The highest BCUT2D eigenvalue weighted by Crippen LogP contribution is 2.31. The third kappa shape index (κ3) is 4.07. The van der Waals surface area contributed by atoms with E-state index < -0.39 is 0 Å². The Kier molecular flexibility index (Phi) is 5.19. The van der Waals surface area contributed by atoms with Gasteiger partial charge in [-0.3, -0.25) is 4.79 Å². The van der Waals surface area contributed by atoms with Crippen molar-refractivity contribution in [2.75, 3.05) is 13.7 Å². The number of nitrogens with zero attached hydrogens (tertiary/aromatic N) is 1. The molecule has 2 aromatic rings. The molecule has 0 fully saturated rings. The zero-order valence-corrected chi connectivity index (χ0v) is 14.3. The van der Waals surface area contributed by atoms with Crippen molar-refractivity contribution in [3.05, 3.63) is 35.3 Å². The lowest BCUT2D eigenvalue weighted by molar-refractivity contribution is -0.128. The minimum absolute atomic E-state index is 0.0627. The van der Waals surface area contributed by atoms with E-state index in [9.17, 15) is 4.79 Å². The molecule has 0 aliphatic rings. The number of aromatic nitrogens is 1. The van der Waals surface area contributed by atoms with Gasteiger partial charge in [0, 0.05) is 23.8 Å². The van der Waals surface area contributed by atoms with E-state index in [0.29, 0.717) is 6.54 Å². The Balaban J connectivity index is 1.99. The molecule has 5 heteroatoms. The minimum Gasteiger partial charge on any atom is -0.496 e. The van der Waals surface area contributed by atoms with Crippen LogP contribution in [0.15, 0.2) is 29.6 Å². The van der Waals surface area contributed by atoms with Crippen LogP contribution in [0.25, 0.3) is 10.6 Å². The van der Waals surface area contributed by atoms with Crippen molar-refractivity contribution < 1.29 is 9.53 Å². The zero-order chi connectivity index (χ0) is 16.2. The molecular formula is C17H22N2O2S. The third-order valence-electron chi connectivity index (χ3n) is 3.24. The van der Waals surface area contributed by atoms with Crippen LogP contribution in [0.3, 0.4) is 0 Å². The third-order valence-corrected chi connectivity index (χ3v) is 4.16. The van der Waals surface area contributed by atoms with Crippen molar-refractivity contribution in [3.63, 3.8) is 0 Å². The first kappa shape index (κ1) is 16.5. The standard InChI is InChI=1S/C17H22N2O2S/c1-17(2,3)16(20)18-10-9-12-11-22-15(19-12)13-7-5-6-8-14(13)21-4/h5-8,11H,9-10H2,1-4H3,(H,18,20). The smallest absolute Gasteiger partial charge is 0.225 e. The van der Waals surface area contributed by atoms with Gasteiger partial charge in [-0.15, -0.1) is 11.3 Å². The fraction of sp³-hybridized carbons (Fsp3) is 0.412. The minimum atomic E-state index is -0.357. The molecule has 4 nitrogen and oxygen atoms in total. The van der Waals surface area contributed by atoms with Crippen molar-refractivity contribution in [1.29, 1.82) is 0 Å². The van der Waals surface area contributed by atoms with Crippen molar-refractivity contribution in [3.8, 4) is 16.3 Å². The number of hydrogen-bond acceptors (Lipinski definition) is 4. The van der Waals surface area contributed by atoms with Gasteiger partial charge >= 0.3 is 0 Å². The number of ether oxygens (including phenoxy) is 1. The Labute approximate surface area is 135 Å². The Bertz CT molecular complexity index is 644. The van der Waals surface area contributed by atoms with Crippen LogP contribution in [0.2, 0.25) is 0 Å². The maximum atomic E-state index is 11.8. The molecule has 0 saturated carbocycles. The first-order valence-electron chi connectivity index (χ1n) is 7.28. The summed E-state index contributed by atoms with van der Waals surface area (Å²) in [5.41, 5.74) is 1.63. The molecule has 0 aliphatic heterocycles. The number of nitrogens with one attached hydrogen (secondary N) is 1. The first-order valence-corrected chi connectivity index (χ1v) is 8.16. The largest absolute Gasteiger partial charge is 0.496 e. The average molecular weight is 318 g/mol. The van der Waals surface area contributed by atoms with Crippen LogP contribution < -0.4 is 10.1 Å². The second-order valence-corrected chi connectivity index (χ2v) is 6.96. The lowest BCUT2D eigenvalue weighted by Gasteiger charge is -2.17. The summed E-state index contributed by atoms with van der Waals surface area (Å²) in [5, 5.41) is 5.92. The van der Waals surface area contributed by atoms with Crippen LogP contribution in [0.5, 0.6) is 5.75 Å². The SMILES string of the molecule is COc1ccccc1-c1nc(CCNC(=O)C(C)(C)C)cs1. The van der Waals surface area contributed by atoms with Crippen molar-refractivity contribution >= 4 is 17.2 Å². The van der Waals surface area contributed by atoms with Crippen LogP contribution in [-0.2, 0) is 11.2 Å². The lowest BCUT2D eigenvalue weighted by atomic mass is 9.96. The summed E-state index contributed by atoms with van der Waals surface area (Å²) in [6.07, 6.45) is 0.730. The Hall–Kier alpha value is -1.88. The molecule has 1 heterocycles. The van der Waals surface area contributed by atoms with Gasteiger partial charge in [0.1, 0.15) is 10.8 Å². The molecule has 0 bridgehead atoms. The van der Waals surface area contributed by atoms with E-state index in [4.69, 9.17) is 4.74 Å². The summed E-state index contributed by atoms with van der Waals surface area (Å²) in [6, 6.07) is 7.85. The van der Waals surface area contributed by atoms with Gasteiger partial charge in [-0.1, -0.05) is 32.9 Å². The van der Waals surface area contributed by atoms with E-state index in [1.54, 1.807) is 18.4 Å². The number of carbonyl (C=O) groups is 1. The zero-order valence-electron chi connectivity index (χ0n) is 13.5. The van der Waals surface area contributed by atoms with Crippen molar-refractivity contribution in [2.45, 2.75) is 27.2 Å². The predicted octanol–water partition coefficient (Wildman–Crippen LogP) is 3.52. The number of methoxy groups -OCH3 is 1. The maximum absolute atomic E-state index is 11.8. The normalized spacial score (nSPS) is 11.3. The summed E-state index contributed by atoms with van der Waals surface area (Å²) < 4.78 is 5.37. The maximum Gasteiger partial charge on any atom is 0.225 e. The Morgan fingerprint density at radius 3 is 2.73 bits per heavy atom. The van der Waals surface area contributed by atoms with Gasteiger partial charge < -0.3 is 10.1 Å². The van der Waals surface area contributed by atoms with E-state index >= 15 is 0 Å². The summed E-state index contributed by atoms with van der Waals surface area (Å²) in [5.74, 6) is 0.886. The molecule has 1 aromatic carbocycles. The Morgan fingerprint density at radius 2 is 2.05 bits per heavy atom. The number of para-hydroxylation sites is 1. The molecule has 0 spiro atoms. The van der Waals surface area contributed by atoms with Crippen LogP contribution in [0.1, 0.15) is 26.5 Å².